The summed E-state index contributed by atoms with van der Waals surface area (Å²) in [5, 5.41) is 7.32. The Kier molecular flexibility index (Phi) is 6.71. The molecule has 1 amide bonds. The molecule has 0 aliphatic rings. The second-order valence-electron chi connectivity index (χ2n) is 7.33. The highest BCUT2D eigenvalue weighted by atomic mass is 35.5. The fourth-order valence-electron chi connectivity index (χ4n) is 3.18. The highest BCUT2D eigenvalue weighted by Crippen LogP contribution is 2.28. The summed E-state index contributed by atoms with van der Waals surface area (Å²) in [7, 11) is -3.75. The van der Waals surface area contributed by atoms with Crippen LogP contribution in [0.25, 0.3) is 0 Å². The van der Waals surface area contributed by atoms with Crippen molar-refractivity contribution in [2.75, 3.05) is 10.0 Å². The third-order valence-corrected chi connectivity index (χ3v) is 6.62. The largest absolute Gasteiger partial charge is 0.323 e. The summed E-state index contributed by atoms with van der Waals surface area (Å²) in [5.74, 6) is -0.280. The number of aryl methyl sites for hydroxylation is 3. The van der Waals surface area contributed by atoms with Gasteiger partial charge in [-0.2, -0.15) is 5.10 Å². The second kappa shape index (κ2) is 9.11. The highest BCUT2D eigenvalue weighted by Gasteiger charge is 2.20. The van der Waals surface area contributed by atoms with Gasteiger partial charge >= 0.3 is 0 Å². The summed E-state index contributed by atoms with van der Waals surface area (Å²) < 4.78 is 29.4. The molecule has 9 heteroatoms. The zero-order chi connectivity index (χ0) is 22.8. The van der Waals surface area contributed by atoms with Gasteiger partial charge in [-0.05, 0) is 69.2 Å². The van der Waals surface area contributed by atoms with Gasteiger partial charge in [-0.25, -0.2) is 8.42 Å². The van der Waals surface area contributed by atoms with E-state index in [1.165, 1.54) is 6.07 Å². The normalized spacial score (nSPS) is 12.4. The van der Waals surface area contributed by atoms with E-state index in [-0.39, 0.29) is 15.8 Å². The van der Waals surface area contributed by atoms with Crippen LogP contribution >= 0.6 is 11.6 Å². The van der Waals surface area contributed by atoms with E-state index in [9.17, 15) is 13.2 Å². The van der Waals surface area contributed by atoms with Crippen molar-refractivity contribution < 1.29 is 13.2 Å². The van der Waals surface area contributed by atoms with Gasteiger partial charge in [0.15, 0.2) is 0 Å². The van der Waals surface area contributed by atoms with Gasteiger partial charge in [0.2, 0.25) is 5.91 Å². The molecule has 1 heterocycles. The molecule has 1 aromatic heterocycles. The van der Waals surface area contributed by atoms with Crippen LogP contribution in [0.3, 0.4) is 0 Å². The molecule has 0 spiro atoms. The van der Waals surface area contributed by atoms with E-state index in [1.807, 2.05) is 26.8 Å². The Morgan fingerprint density at radius 1 is 1.13 bits per heavy atom. The summed E-state index contributed by atoms with van der Waals surface area (Å²) in [6.07, 6.45) is 0.828. The number of carbonyl (C=O) groups excluding carboxylic acids is 1. The lowest BCUT2D eigenvalue weighted by molar-refractivity contribution is -0.119. The van der Waals surface area contributed by atoms with Crippen molar-refractivity contribution >= 4 is 38.9 Å². The average molecular weight is 461 g/mol. The van der Waals surface area contributed by atoms with Gasteiger partial charge < -0.3 is 5.32 Å². The smallest absolute Gasteiger partial charge is 0.261 e. The maximum Gasteiger partial charge on any atom is 0.261 e. The van der Waals surface area contributed by atoms with Crippen LogP contribution in [0.5, 0.6) is 0 Å². The van der Waals surface area contributed by atoms with Gasteiger partial charge in [-0.15, -0.1) is 0 Å². The molecule has 0 aliphatic heterocycles. The Morgan fingerprint density at radius 2 is 1.81 bits per heavy atom. The van der Waals surface area contributed by atoms with Gasteiger partial charge in [0.05, 0.1) is 27.0 Å². The molecule has 0 bridgehead atoms. The van der Waals surface area contributed by atoms with Gasteiger partial charge in [0.25, 0.3) is 10.0 Å². The monoisotopic (exact) mass is 460 g/mol. The van der Waals surface area contributed by atoms with Crippen molar-refractivity contribution in [3.8, 4) is 0 Å². The number of halogens is 1. The number of rotatable bonds is 7. The first kappa shape index (κ1) is 22.8. The van der Waals surface area contributed by atoms with Crippen molar-refractivity contribution in [3.05, 3.63) is 70.5 Å². The Morgan fingerprint density at radius 3 is 2.35 bits per heavy atom. The predicted molar refractivity (Wildman–Crippen MR) is 123 cm³/mol. The SMILES string of the molecule is CCc1ccc(S(=O)(=O)Nc2ccc(NC(=O)C(C)n3nc(C)cc3C)c(Cl)c2)cc1. The molecule has 0 saturated carbocycles. The number of hydrogen-bond acceptors (Lipinski definition) is 4. The minimum Gasteiger partial charge on any atom is -0.323 e. The Bertz CT molecular complexity index is 1200. The third kappa shape index (κ3) is 5.26. The van der Waals surface area contributed by atoms with E-state index in [4.69, 9.17) is 11.6 Å². The fourth-order valence-corrected chi connectivity index (χ4v) is 4.46. The number of nitrogens with zero attached hydrogens (tertiary/aromatic N) is 2. The minimum absolute atomic E-state index is 0.164. The Hall–Kier alpha value is -2.84. The van der Waals surface area contributed by atoms with Crippen LogP contribution in [0.4, 0.5) is 11.4 Å². The minimum atomic E-state index is -3.75. The van der Waals surface area contributed by atoms with Crippen molar-refractivity contribution in [2.45, 2.75) is 45.1 Å². The lowest BCUT2D eigenvalue weighted by atomic mass is 10.2. The number of benzene rings is 2. The molecule has 0 saturated heterocycles. The predicted octanol–water partition coefficient (Wildman–Crippen LogP) is 4.72. The van der Waals surface area contributed by atoms with Crippen molar-refractivity contribution in [2.24, 2.45) is 0 Å². The van der Waals surface area contributed by atoms with E-state index in [1.54, 1.807) is 48.0 Å². The first-order chi connectivity index (χ1) is 14.6. The lowest BCUT2D eigenvalue weighted by Gasteiger charge is -2.16. The second-order valence-corrected chi connectivity index (χ2v) is 9.42. The van der Waals surface area contributed by atoms with Gasteiger partial charge in [-0.3, -0.25) is 14.2 Å². The Labute approximate surface area is 187 Å². The van der Waals surface area contributed by atoms with Crippen LogP contribution in [0.2, 0.25) is 5.02 Å². The number of carbonyl (C=O) groups is 1. The molecule has 0 radical (unpaired) electrons. The molecule has 2 aromatic carbocycles. The summed E-state index contributed by atoms with van der Waals surface area (Å²) in [6.45, 7) is 7.49. The van der Waals surface area contributed by atoms with Crippen molar-refractivity contribution in [1.29, 1.82) is 0 Å². The molecule has 7 nitrogen and oxygen atoms in total. The highest BCUT2D eigenvalue weighted by molar-refractivity contribution is 7.92. The van der Waals surface area contributed by atoms with E-state index in [2.05, 4.69) is 15.1 Å². The molecule has 164 valence electrons. The summed E-state index contributed by atoms with van der Waals surface area (Å²) in [4.78, 5) is 12.8. The number of aromatic nitrogens is 2. The molecule has 0 fully saturated rings. The van der Waals surface area contributed by atoms with Gasteiger partial charge in [-0.1, -0.05) is 30.7 Å². The van der Waals surface area contributed by atoms with Gasteiger partial charge in [0, 0.05) is 5.69 Å². The molecule has 1 unspecified atom stereocenters. The van der Waals surface area contributed by atoms with Crippen LogP contribution in [-0.4, -0.2) is 24.1 Å². The molecule has 3 aromatic rings. The zero-order valence-electron chi connectivity index (χ0n) is 17.8. The number of nitrogens with one attached hydrogen (secondary N) is 2. The average Bonchev–Trinajstić information content (AvgIpc) is 3.07. The fraction of sp³-hybridized carbons (Fsp3) is 0.273. The number of sulfonamides is 1. The topological polar surface area (TPSA) is 93.1 Å². The zero-order valence-corrected chi connectivity index (χ0v) is 19.4. The van der Waals surface area contributed by atoms with Crippen LogP contribution < -0.4 is 10.0 Å². The third-order valence-electron chi connectivity index (χ3n) is 4.91. The molecular weight excluding hydrogens is 436 g/mol. The molecular formula is C22H25ClN4O3S. The maximum atomic E-state index is 12.6. The van der Waals surface area contributed by atoms with Crippen LogP contribution in [0.1, 0.15) is 36.8 Å². The van der Waals surface area contributed by atoms with E-state index in [0.717, 1.165) is 23.4 Å². The molecule has 3 rings (SSSR count). The van der Waals surface area contributed by atoms with Crippen LogP contribution in [0.15, 0.2) is 53.4 Å². The summed E-state index contributed by atoms with van der Waals surface area (Å²) in [6, 6.07) is 12.6. The quantitative estimate of drug-likeness (QED) is 0.533. The van der Waals surface area contributed by atoms with E-state index < -0.39 is 16.1 Å². The maximum absolute atomic E-state index is 12.6. The number of anilines is 2. The standard InChI is InChI=1S/C22H25ClN4O3S/c1-5-17-6-9-19(10-7-17)31(29,30)26-18-8-11-21(20(23)13-18)24-22(28)16(4)27-15(3)12-14(2)25-27/h6-13,16,26H,5H2,1-4H3,(H,24,28). The molecule has 2 N–H and O–H groups in total. The van der Waals surface area contributed by atoms with Crippen molar-refractivity contribution in [1.82, 2.24) is 9.78 Å². The molecule has 0 aliphatic carbocycles. The molecule has 1 atom stereocenters. The van der Waals surface area contributed by atoms with Crippen LogP contribution in [-0.2, 0) is 21.2 Å². The lowest BCUT2D eigenvalue weighted by Crippen LogP contribution is -2.25. The summed E-state index contributed by atoms with van der Waals surface area (Å²) >= 11 is 6.30. The first-order valence-electron chi connectivity index (χ1n) is 9.85. The Balaban J connectivity index is 1.73. The summed E-state index contributed by atoms with van der Waals surface area (Å²) in [5.41, 5.74) is 3.44. The van der Waals surface area contributed by atoms with Crippen LogP contribution in [0, 0.1) is 13.8 Å². The van der Waals surface area contributed by atoms with Gasteiger partial charge in [0.1, 0.15) is 6.04 Å². The number of amides is 1. The molecule has 31 heavy (non-hydrogen) atoms. The first-order valence-corrected chi connectivity index (χ1v) is 11.7. The van der Waals surface area contributed by atoms with E-state index in [0.29, 0.717) is 11.4 Å². The number of hydrogen-bond donors (Lipinski definition) is 2. The van der Waals surface area contributed by atoms with Crippen molar-refractivity contribution in [3.63, 3.8) is 0 Å². The van der Waals surface area contributed by atoms with E-state index >= 15 is 0 Å².